The molecule has 1 unspecified atom stereocenters. The molecule has 1 aromatic carbocycles. The molecule has 1 atom stereocenters. The predicted molar refractivity (Wildman–Crippen MR) is 132 cm³/mol. The quantitative estimate of drug-likeness (QED) is 0.445. The Labute approximate surface area is 202 Å². The van der Waals surface area contributed by atoms with E-state index in [2.05, 4.69) is 9.69 Å². The van der Waals surface area contributed by atoms with E-state index in [1.54, 1.807) is 31.2 Å². The van der Waals surface area contributed by atoms with Crippen LogP contribution in [-0.4, -0.2) is 27.6 Å². The second-order valence-electron chi connectivity index (χ2n) is 8.73. The van der Waals surface area contributed by atoms with Gasteiger partial charge in [0.1, 0.15) is 16.4 Å². The van der Waals surface area contributed by atoms with Gasteiger partial charge < -0.3 is 21.2 Å². The number of aromatic nitrogens is 1. The molecule has 180 valence electrons. The second-order valence-corrected chi connectivity index (χ2v) is 9.50. The number of carbonyl (C=O) groups is 3. The number of benzene rings is 1. The molecule has 0 aliphatic heterocycles. The number of nitrogens with zero attached hydrogens (tertiary/aromatic N) is 2. The number of nitrogens with two attached hydrogens (primary N) is 2. The van der Waals surface area contributed by atoms with E-state index in [0.29, 0.717) is 17.9 Å². The van der Waals surface area contributed by atoms with E-state index in [-0.39, 0.29) is 22.0 Å². The summed E-state index contributed by atoms with van der Waals surface area (Å²) >= 11 is 0.757. The Balaban J connectivity index is 2.20. The molecule has 2 aromatic heterocycles. The van der Waals surface area contributed by atoms with Gasteiger partial charge in [0.2, 0.25) is 0 Å². The van der Waals surface area contributed by atoms with Crippen molar-refractivity contribution in [1.29, 1.82) is 0 Å². The molecule has 3 rings (SSSR count). The zero-order valence-corrected chi connectivity index (χ0v) is 20.7. The van der Waals surface area contributed by atoms with Gasteiger partial charge >= 0.3 is 0 Å². The van der Waals surface area contributed by atoms with E-state index in [4.69, 9.17) is 15.9 Å². The van der Waals surface area contributed by atoms with Crippen LogP contribution in [0.4, 0.5) is 11.4 Å². The van der Waals surface area contributed by atoms with Crippen molar-refractivity contribution in [2.75, 3.05) is 10.6 Å². The largest absolute Gasteiger partial charge is 0.464 e. The van der Waals surface area contributed by atoms with Gasteiger partial charge in [0, 0.05) is 11.2 Å². The van der Waals surface area contributed by atoms with E-state index in [9.17, 15) is 14.4 Å². The molecule has 2 heterocycles. The number of anilines is 2. The summed E-state index contributed by atoms with van der Waals surface area (Å²) in [5.74, 6) is -0.986. The highest BCUT2D eigenvalue weighted by atomic mass is 32.1. The molecular weight excluding hydrogens is 454 g/mol. The fourth-order valence-corrected chi connectivity index (χ4v) is 4.03. The number of hydrogen-bond donors (Lipinski definition) is 3. The van der Waals surface area contributed by atoms with E-state index < -0.39 is 29.3 Å². The van der Waals surface area contributed by atoms with Gasteiger partial charge in [-0.1, -0.05) is 24.6 Å². The van der Waals surface area contributed by atoms with Crippen LogP contribution >= 0.6 is 11.5 Å². The average Bonchev–Trinajstić information content (AvgIpc) is 3.37. The normalized spacial score (nSPS) is 12.3. The molecule has 3 amide bonds. The second kappa shape index (κ2) is 9.68. The van der Waals surface area contributed by atoms with E-state index >= 15 is 0 Å². The van der Waals surface area contributed by atoms with E-state index in [1.807, 2.05) is 39.8 Å². The molecule has 34 heavy (non-hydrogen) atoms. The van der Waals surface area contributed by atoms with E-state index in [0.717, 1.165) is 17.1 Å². The van der Waals surface area contributed by atoms with Crippen molar-refractivity contribution in [2.24, 2.45) is 5.73 Å². The molecule has 0 fully saturated rings. The Kier molecular flexibility index (Phi) is 7.11. The molecule has 0 aliphatic carbocycles. The summed E-state index contributed by atoms with van der Waals surface area (Å²) in [6.07, 6.45) is 0.672. The predicted octanol–water partition coefficient (Wildman–Crippen LogP) is 3.73. The van der Waals surface area contributed by atoms with Gasteiger partial charge in [-0.2, -0.15) is 4.37 Å². The molecule has 9 nitrogen and oxygen atoms in total. The molecule has 0 spiro atoms. The third kappa shape index (κ3) is 5.12. The van der Waals surface area contributed by atoms with Crippen LogP contribution in [0, 0.1) is 13.8 Å². The van der Waals surface area contributed by atoms with Crippen molar-refractivity contribution >= 4 is 40.6 Å². The van der Waals surface area contributed by atoms with Crippen molar-refractivity contribution in [1.82, 2.24) is 9.69 Å². The number of furan rings is 1. The van der Waals surface area contributed by atoms with Gasteiger partial charge in [0.05, 0.1) is 5.69 Å². The van der Waals surface area contributed by atoms with Crippen LogP contribution < -0.4 is 21.7 Å². The average molecular weight is 484 g/mol. The third-order valence-electron chi connectivity index (χ3n) is 5.57. The molecular formula is C24H29N5O4S. The first-order chi connectivity index (χ1) is 15.9. The maximum absolute atomic E-state index is 13.9. The molecule has 0 saturated heterocycles. The minimum Gasteiger partial charge on any atom is -0.464 e. The summed E-state index contributed by atoms with van der Waals surface area (Å²) in [5, 5.41) is 3.01. The highest BCUT2D eigenvalue weighted by Crippen LogP contribution is 2.34. The molecule has 0 radical (unpaired) electrons. The lowest BCUT2D eigenvalue weighted by molar-refractivity contribution is -0.124. The number of hydrogen-bond acceptors (Lipinski definition) is 7. The molecule has 0 saturated carbocycles. The van der Waals surface area contributed by atoms with Crippen molar-refractivity contribution in [3.8, 4) is 0 Å². The minimum absolute atomic E-state index is 0.00482. The third-order valence-corrected chi connectivity index (χ3v) is 6.42. The van der Waals surface area contributed by atoms with Crippen LogP contribution in [0.2, 0.25) is 0 Å². The van der Waals surface area contributed by atoms with Crippen LogP contribution in [-0.2, 0) is 4.79 Å². The Bertz CT molecular complexity index is 1210. The zero-order chi connectivity index (χ0) is 25.2. The van der Waals surface area contributed by atoms with Crippen LogP contribution in [0.25, 0.3) is 0 Å². The first-order valence-electron chi connectivity index (χ1n) is 10.8. The van der Waals surface area contributed by atoms with Crippen molar-refractivity contribution in [3.63, 3.8) is 0 Å². The summed E-state index contributed by atoms with van der Waals surface area (Å²) < 4.78 is 9.78. The summed E-state index contributed by atoms with van der Waals surface area (Å²) in [4.78, 5) is 40.5. The minimum atomic E-state index is -1.15. The number of nitrogen functional groups attached to an aromatic ring is 1. The highest BCUT2D eigenvalue weighted by molar-refractivity contribution is 7.09. The van der Waals surface area contributed by atoms with Crippen LogP contribution in [0.3, 0.4) is 0 Å². The van der Waals surface area contributed by atoms with Gasteiger partial charge in [-0.3, -0.25) is 19.3 Å². The van der Waals surface area contributed by atoms with Crippen molar-refractivity contribution < 1.29 is 18.8 Å². The van der Waals surface area contributed by atoms with Gasteiger partial charge in [0.15, 0.2) is 11.7 Å². The number of amides is 3. The van der Waals surface area contributed by atoms with Gasteiger partial charge in [-0.15, -0.1) is 0 Å². The first kappa shape index (κ1) is 25.0. The van der Waals surface area contributed by atoms with Crippen molar-refractivity contribution in [3.05, 3.63) is 64.1 Å². The van der Waals surface area contributed by atoms with Gasteiger partial charge in [-0.25, -0.2) is 0 Å². The van der Waals surface area contributed by atoms with Crippen LogP contribution in [0.1, 0.15) is 70.5 Å². The molecule has 0 bridgehead atoms. The fourth-order valence-electron chi connectivity index (χ4n) is 3.29. The summed E-state index contributed by atoms with van der Waals surface area (Å²) in [6.45, 7) is 9.42. The Morgan fingerprint density at radius 1 is 1.15 bits per heavy atom. The van der Waals surface area contributed by atoms with Gasteiger partial charge in [-0.05, 0) is 69.9 Å². The molecule has 0 aliphatic rings. The van der Waals surface area contributed by atoms with Crippen molar-refractivity contribution in [2.45, 2.75) is 52.6 Å². The SMILES string of the molecule is CCC(C)(C)NC(=O)C(c1ccc(C)o1)N(C(=O)c1snc(C(N)=O)c1N)c1ccc(C)cc1. The number of primary amides is 1. The van der Waals surface area contributed by atoms with E-state index in [1.165, 1.54) is 4.90 Å². The topological polar surface area (TPSA) is 145 Å². The maximum Gasteiger partial charge on any atom is 0.273 e. The number of carbonyl (C=O) groups excluding carboxylic acids is 3. The molecule has 10 heteroatoms. The summed E-state index contributed by atoms with van der Waals surface area (Å²) in [6, 6.07) is 9.38. The molecule has 3 aromatic rings. The lowest BCUT2D eigenvalue weighted by Gasteiger charge is -2.33. The Morgan fingerprint density at radius 3 is 2.29 bits per heavy atom. The van der Waals surface area contributed by atoms with Crippen LogP contribution in [0.5, 0.6) is 0 Å². The zero-order valence-electron chi connectivity index (χ0n) is 19.8. The number of rotatable bonds is 8. The fraction of sp³-hybridized carbons (Fsp3) is 0.333. The Hall–Kier alpha value is -3.66. The highest BCUT2D eigenvalue weighted by Gasteiger charge is 2.39. The Morgan fingerprint density at radius 2 is 1.79 bits per heavy atom. The molecule has 5 N–H and O–H groups in total. The monoisotopic (exact) mass is 483 g/mol. The smallest absolute Gasteiger partial charge is 0.273 e. The lowest BCUT2D eigenvalue weighted by Crippen LogP contribution is -2.50. The maximum atomic E-state index is 13.9. The first-order valence-corrected chi connectivity index (χ1v) is 11.6. The number of aryl methyl sites for hydroxylation is 2. The van der Waals surface area contributed by atoms with Crippen LogP contribution in [0.15, 0.2) is 40.8 Å². The summed E-state index contributed by atoms with van der Waals surface area (Å²) in [5.41, 5.74) is 12.0. The number of nitrogens with one attached hydrogen (secondary N) is 1. The summed E-state index contributed by atoms with van der Waals surface area (Å²) in [7, 11) is 0. The standard InChI is InChI=1S/C24H29N5O4S/c1-6-24(4,5)27-22(31)19(16-12-9-14(3)33-16)29(15-10-7-13(2)8-11-15)23(32)20-17(25)18(21(26)30)28-34-20/h7-12,19H,6,25H2,1-5H3,(H2,26,30)(H,27,31). The lowest BCUT2D eigenvalue weighted by atomic mass is 10.0. The van der Waals surface area contributed by atoms with Gasteiger partial charge in [0.25, 0.3) is 17.7 Å².